The Bertz CT molecular complexity index is 782. The molecule has 7 heteroatoms. The van der Waals surface area contributed by atoms with E-state index in [1.165, 1.54) is 0 Å². The van der Waals surface area contributed by atoms with Crippen molar-refractivity contribution in [3.8, 4) is 5.75 Å². The number of esters is 1. The normalized spacial score (nSPS) is 10.3. The van der Waals surface area contributed by atoms with Gasteiger partial charge in [-0.25, -0.2) is 0 Å². The Balaban J connectivity index is 1.64. The van der Waals surface area contributed by atoms with Crippen LogP contribution < -0.4 is 10.1 Å². The van der Waals surface area contributed by atoms with Crippen LogP contribution in [0.3, 0.4) is 0 Å². The molecule has 0 aromatic heterocycles. The lowest BCUT2D eigenvalue weighted by molar-refractivity contribution is -0.147. The van der Waals surface area contributed by atoms with E-state index in [1.807, 2.05) is 31.2 Å². The van der Waals surface area contributed by atoms with Crippen molar-refractivity contribution in [1.82, 2.24) is 0 Å². The standard InChI is InChI=1S/C19H19BrClNO4/c1-13-5-2-3-6-16(13)22-18(23)12-26-19(24)7-4-10-25-17-9-8-14(20)11-15(17)21/h2-3,5-6,8-9,11H,4,7,10,12H2,1H3,(H,22,23). The molecule has 0 aliphatic rings. The molecule has 0 aliphatic carbocycles. The number of carbonyl (C=O) groups is 2. The second-order valence-electron chi connectivity index (χ2n) is 5.55. The monoisotopic (exact) mass is 439 g/mol. The second kappa shape index (κ2) is 10.2. The van der Waals surface area contributed by atoms with E-state index in [2.05, 4.69) is 21.2 Å². The van der Waals surface area contributed by atoms with Crippen LogP contribution in [0.25, 0.3) is 0 Å². The lowest BCUT2D eigenvalue weighted by atomic mass is 10.2. The molecule has 0 fully saturated rings. The van der Waals surface area contributed by atoms with Gasteiger partial charge in [-0.15, -0.1) is 0 Å². The summed E-state index contributed by atoms with van der Waals surface area (Å²) in [5.74, 6) is -0.262. The van der Waals surface area contributed by atoms with Gasteiger partial charge in [-0.2, -0.15) is 0 Å². The fourth-order valence-electron chi connectivity index (χ4n) is 2.11. The maximum absolute atomic E-state index is 11.8. The van der Waals surface area contributed by atoms with E-state index < -0.39 is 5.97 Å². The van der Waals surface area contributed by atoms with E-state index in [1.54, 1.807) is 18.2 Å². The highest BCUT2D eigenvalue weighted by molar-refractivity contribution is 9.10. The number of rotatable bonds is 8. The number of carbonyl (C=O) groups excluding carboxylic acids is 2. The summed E-state index contributed by atoms with van der Waals surface area (Å²) in [5.41, 5.74) is 1.64. The molecule has 1 N–H and O–H groups in total. The summed E-state index contributed by atoms with van der Waals surface area (Å²) in [6, 6.07) is 12.7. The first-order valence-corrected chi connectivity index (χ1v) is 9.22. The molecule has 0 bridgehead atoms. The Hall–Kier alpha value is -2.05. The Morgan fingerprint density at radius 2 is 1.96 bits per heavy atom. The Labute approximate surface area is 165 Å². The molecule has 0 saturated heterocycles. The van der Waals surface area contributed by atoms with Crippen LogP contribution in [0.1, 0.15) is 18.4 Å². The Kier molecular flexibility index (Phi) is 7.94. The Morgan fingerprint density at radius 1 is 1.19 bits per heavy atom. The SMILES string of the molecule is Cc1ccccc1NC(=O)COC(=O)CCCOc1ccc(Br)cc1Cl. The predicted molar refractivity (Wildman–Crippen MR) is 105 cm³/mol. The number of nitrogens with one attached hydrogen (secondary N) is 1. The summed E-state index contributed by atoms with van der Waals surface area (Å²) in [5, 5.41) is 3.20. The molecular weight excluding hydrogens is 422 g/mol. The Morgan fingerprint density at radius 3 is 2.69 bits per heavy atom. The van der Waals surface area contributed by atoms with Crippen LogP contribution in [0.5, 0.6) is 5.75 Å². The van der Waals surface area contributed by atoms with E-state index in [-0.39, 0.29) is 18.9 Å². The number of ether oxygens (including phenoxy) is 2. The van der Waals surface area contributed by atoms with Gasteiger partial charge in [0.2, 0.25) is 0 Å². The molecule has 138 valence electrons. The average molecular weight is 441 g/mol. The molecule has 0 radical (unpaired) electrons. The number of hydrogen-bond donors (Lipinski definition) is 1. The molecule has 2 aromatic carbocycles. The van der Waals surface area contributed by atoms with E-state index in [9.17, 15) is 9.59 Å². The van der Waals surface area contributed by atoms with Crippen LogP contribution in [-0.4, -0.2) is 25.1 Å². The number of aryl methyl sites for hydroxylation is 1. The second-order valence-corrected chi connectivity index (χ2v) is 6.87. The summed E-state index contributed by atoms with van der Waals surface area (Å²) in [6.45, 7) is 1.90. The summed E-state index contributed by atoms with van der Waals surface area (Å²) >= 11 is 9.36. The summed E-state index contributed by atoms with van der Waals surface area (Å²) in [6.07, 6.45) is 0.621. The number of anilines is 1. The quantitative estimate of drug-likeness (QED) is 0.475. The van der Waals surface area contributed by atoms with Crippen molar-refractivity contribution in [3.05, 3.63) is 57.5 Å². The molecule has 0 unspecified atom stereocenters. The minimum absolute atomic E-state index is 0.159. The fraction of sp³-hybridized carbons (Fsp3) is 0.263. The van der Waals surface area contributed by atoms with Crippen molar-refractivity contribution in [2.45, 2.75) is 19.8 Å². The highest BCUT2D eigenvalue weighted by Gasteiger charge is 2.09. The van der Waals surface area contributed by atoms with Gasteiger partial charge in [0.25, 0.3) is 5.91 Å². The summed E-state index contributed by atoms with van der Waals surface area (Å²) < 4.78 is 11.4. The minimum atomic E-state index is -0.449. The number of amides is 1. The van der Waals surface area contributed by atoms with Gasteiger partial charge in [0.15, 0.2) is 6.61 Å². The number of benzene rings is 2. The third-order valence-corrected chi connectivity index (χ3v) is 4.25. The molecular formula is C19H19BrClNO4. The van der Waals surface area contributed by atoms with Crippen molar-refractivity contribution in [3.63, 3.8) is 0 Å². The van der Waals surface area contributed by atoms with Gasteiger partial charge < -0.3 is 14.8 Å². The molecule has 0 spiro atoms. The lowest BCUT2D eigenvalue weighted by Crippen LogP contribution is -2.21. The maximum atomic E-state index is 11.8. The van der Waals surface area contributed by atoms with Gasteiger partial charge in [0.1, 0.15) is 5.75 Å². The van der Waals surface area contributed by atoms with Gasteiger partial charge in [-0.05, 0) is 43.2 Å². The smallest absolute Gasteiger partial charge is 0.306 e. The molecule has 5 nitrogen and oxygen atoms in total. The first kappa shape index (κ1) is 20.3. The highest BCUT2D eigenvalue weighted by atomic mass is 79.9. The molecule has 26 heavy (non-hydrogen) atoms. The van der Waals surface area contributed by atoms with E-state index >= 15 is 0 Å². The number of halogens is 2. The van der Waals surface area contributed by atoms with Crippen molar-refractivity contribution in [2.75, 3.05) is 18.5 Å². The van der Waals surface area contributed by atoms with Crippen LogP contribution in [0.4, 0.5) is 5.69 Å². The zero-order chi connectivity index (χ0) is 18.9. The molecule has 1 amide bonds. The van der Waals surface area contributed by atoms with E-state index in [0.717, 1.165) is 10.0 Å². The third-order valence-electron chi connectivity index (χ3n) is 3.46. The minimum Gasteiger partial charge on any atom is -0.492 e. The molecule has 0 heterocycles. The number of hydrogen-bond acceptors (Lipinski definition) is 4. The highest BCUT2D eigenvalue weighted by Crippen LogP contribution is 2.27. The summed E-state index contributed by atoms with van der Waals surface area (Å²) in [4.78, 5) is 23.5. The van der Waals surface area contributed by atoms with Crippen LogP contribution in [0.15, 0.2) is 46.9 Å². The molecule has 0 atom stereocenters. The first-order chi connectivity index (χ1) is 12.5. The summed E-state index contributed by atoms with van der Waals surface area (Å²) in [7, 11) is 0. The number of para-hydroxylation sites is 1. The molecule has 2 aromatic rings. The zero-order valence-electron chi connectivity index (χ0n) is 14.3. The van der Waals surface area contributed by atoms with Crippen LogP contribution in [0.2, 0.25) is 5.02 Å². The van der Waals surface area contributed by atoms with Crippen molar-refractivity contribution in [2.24, 2.45) is 0 Å². The van der Waals surface area contributed by atoms with Crippen LogP contribution in [0, 0.1) is 6.92 Å². The van der Waals surface area contributed by atoms with Crippen LogP contribution in [-0.2, 0) is 14.3 Å². The lowest BCUT2D eigenvalue weighted by Gasteiger charge is -2.09. The molecule has 0 aliphatic heterocycles. The van der Waals surface area contributed by atoms with Crippen molar-refractivity contribution >= 4 is 45.1 Å². The maximum Gasteiger partial charge on any atom is 0.306 e. The van der Waals surface area contributed by atoms with Crippen LogP contribution >= 0.6 is 27.5 Å². The fourth-order valence-corrected chi connectivity index (χ4v) is 2.84. The largest absolute Gasteiger partial charge is 0.492 e. The zero-order valence-corrected chi connectivity index (χ0v) is 16.6. The van der Waals surface area contributed by atoms with Gasteiger partial charge >= 0.3 is 5.97 Å². The van der Waals surface area contributed by atoms with Gasteiger partial charge in [0.05, 0.1) is 11.6 Å². The molecule has 0 saturated carbocycles. The average Bonchev–Trinajstić information content (AvgIpc) is 2.60. The van der Waals surface area contributed by atoms with Gasteiger partial charge in [-0.3, -0.25) is 9.59 Å². The topological polar surface area (TPSA) is 64.6 Å². The van der Waals surface area contributed by atoms with Gasteiger partial charge in [-0.1, -0.05) is 45.7 Å². The van der Waals surface area contributed by atoms with Crippen molar-refractivity contribution in [1.29, 1.82) is 0 Å². The molecule has 2 rings (SSSR count). The predicted octanol–water partition coefficient (Wildman–Crippen LogP) is 4.75. The van der Waals surface area contributed by atoms with E-state index in [4.69, 9.17) is 21.1 Å². The van der Waals surface area contributed by atoms with Gasteiger partial charge in [0, 0.05) is 16.6 Å². The third kappa shape index (κ3) is 6.69. The van der Waals surface area contributed by atoms with Crippen molar-refractivity contribution < 1.29 is 19.1 Å². The first-order valence-electron chi connectivity index (χ1n) is 8.04. The van der Waals surface area contributed by atoms with E-state index in [0.29, 0.717) is 29.5 Å².